The molecule has 0 saturated carbocycles. The van der Waals surface area contributed by atoms with E-state index >= 15 is 0 Å². The average molecular weight is 291 g/mol. The first-order valence-corrected chi connectivity index (χ1v) is 5.73. The van der Waals surface area contributed by atoms with E-state index in [0.717, 1.165) is 10.0 Å². The molecule has 0 amide bonds. The lowest BCUT2D eigenvalue weighted by Crippen LogP contribution is -2.19. The maximum absolute atomic E-state index is 9.65. The number of halogens is 2. The molecule has 0 saturated heterocycles. The summed E-state index contributed by atoms with van der Waals surface area (Å²) < 4.78 is 0.939. The summed E-state index contributed by atoms with van der Waals surface area (Å²) >= 11 is 9.01. The third-order valence-electron chi connectivity index (χ3n) is 2.06. The van der Waals surface area contributed by atoms with Gasteiger partial charge in [-0.2, -0.15) is 0 Å². The number of hydrogen-bond acceptors (Lipinski definition) is 2. The zero-order valence-corrected chi connectivity index (χ0v) is 10.8. The van der Waals surface area contributed by atoms with E-state index < -0.39 is 0 Å². The summed E-state index contributed by atoms with van der Waals surface area (Å²) in [5.74, 6) is 0.276. The van der Waals surface area contributed by atoms with Crippen molar-refractivity contribution in [1.29, 1.82) is 0 Å². The second-order valence-corrected chi connectivity index (χ2v) is 4.77. The van der Waals surface area contributed by atoms with Gasteiger partial charge in [0.25, 0.3) is 0 Å². The third kappa shape index (κ3) is 3.86. The van der Waals surface area contributed by atoms with Crippen LogP contribution in [0.2, 0.25) is 0 Å². The van der Waals surface area contributed by atoms with Gasteiger partial charge in [-0.25, -0.2) is 0 Å². The summed E-state index contributed by atoms with van der Waals surface area (Å²) in [6, 6.07) is 5.36. The molecule has 0 bridgehead atoms. The van der Waals surface area contributed by atoms with Gasteiger partial charge in [0.15, 0.2) is 0 Å². The van der Waals surface area contributed by atoms with Crippen LogP contribution in [0.15, 0.2) is 34.3 Å². The first-order valence-electron chi connectivity index (χ1n) is 4.55. The van der Waals surface area contributed by atoms with Gasteiger partial charge in [-0.3, -0.25) is 0 Å². The Morgan fingerprint density at radius 2 is 2.33 bits per heavy atom. The molecule has 0 spiro atoms. The van der Waals surface area contributed by atoms with Gasteiger partial charge in [0, 0.05) is 27.7 Å². The number of aromatic hydroxyl groups is 1. The first-order chi connectivity index (χ1) is 7.00. The lowest BCUT2D eigenvalue weighted by atomic mass is 10.1. The molecule has 1 atom stereocenters. The van der Waals surface area contributed by atoms with E-state index in [0.29, 0.717) is 11.6 Å². The van der Waals surface area contributed by atoms with Crippen LogP contribution in [0.4, 0.5) is 0 Å². The van der Waals surface area contributed by atoms with Gasteiger partial charge in [0.2, 0.25) is 0 Å². The molecular formula is C11H13BrClNO. The molecule has 4 heteroatoms. The zero-order valence-electron chi connectivity index (χ0n) is 8.43. The van der Waals surface area contributed by atoms with E-state index in [1.807, 2.05) is 13.0 Å². The van der Waals surface area contributed by atoms with Crippen LogP contribution in [0.5, 0.6) is 5.75 Å². The Morgan fingerprint density at radius 1 is 1.67 bits per heavy atom. The number of phenols is 1. The monoisotopic (exact) mass is 289 g/mol. The molecule has 1 aromatic carbocycles. The van der Waals surface area contributed by atoms with Crippen LogP contribution < -0.4 is 5.32 Å². The fourth-order valence-corrected chi connectivity index (χ4v) is 1.70. The van der Waals surface area contributed by atoms with E-state index in [1.54, 1.807) is 12.1 Å². The number of benzene rings is 1. The summed E-state index contributed by atoms with van der Waals surface area (Å²) in [5, 5.41) is 13.4. The van der Waals surface area contributed by atoms with E-state index in [-0.39, 0.29) is 11.8 Å². The maximum atomic E-state index is 9.65. The van der Waals surface area contributed by atoms with Crippen LogP contribution in [-0.4, -0.2) is 11.7 Å². The number of nitrogens with one attached hydrogen (secondary N) is 1. The van der Waals surface area contributed by atoms with Crippen LogP contribution in [-0.2, 0) is 0 Å². The SMILES string of the molecule is C=C(Cl)CNC(C)c1cc(Br)ccc1O. The van der Waals surface area contributed by atoms with E-state index in [2.05, 4.69) is 27.8 Å². The molecule has 1 aromatic rings. The molecule has 2 nitrogen and oxygen atoms in total. The van der Waals surface area contributed by atoms with Crippen molar-refractivity contribution in [2.45, 2.75) is 13.0 Å². The Hall–Kier alpha value is -0.510. The predicted octanol–water partition coefficient (Wildman–Crippen LogP) is 3.56. The zero-order chi connectivity index (χ0) is 11.4. The van der Waals surface area contributed by atoms with Crippen LogP contribution in [0, 0.1) is 0 Å². The molecule has 0 fully saturated rings. The second-order valence-electron chi connectivity index (χ2n) is 3.32. The number of hydrogen-bond donors (Lipinski definition) is 2. The van der Waals surface area contributed by atoms with Crippen molar-refractivity contribution in [2.24, 2.45) is 0 Å². The summed E-state index contributed by atoms with van der Waals surface area (Å²) in [7, 11) is 0. The van der Waals surface area contributed by atoms with Gasteiger partial charge in [-0.1, -0.05) is 34.1 Å². The van der Waals surface area contributed by atoms with Crippen LogP contribution in [0.3, 0.4) is 0 Å². The van der Waals surface area contributed by atoms with Crippen molar-refractivity contribution in [2.75, 3.05) is 6.54 Å². The average Bonchev–Trinajstić information content (AvgIpc) is 2.18. The summed E-state index contributed by atoms with van der Waals surface area (Å²) in [6.45, 7) is 6.07. The van der Waals surface area contributed by atoms with Crippen molar-refractivity contribution in [3.63, 3.8) is 0 Å². The largest absolute Gasteiger partial charge is 0.508 e. The van der Waals surface area contributed by atoms with Crippen molar-refractivity contribution >= 4 is 27.5 Å². The Kier molecular flexibility index (Phi) is 4.64. The van der Waals surface area contributed by atoms with Crippen LogP contribution in [0.25, 0.3) is 0 Å². The molecule has 82 valence electrons. The van der Waals surface area contributed by atoms with Crippen molar-refractivity contribution < 1.29 is 5.11 Å². The maximum Gasteiger partial charge on any atom is 0.120 e. The Balaban J connectivity index is 2.76. The molecule has 2 N–H and O–H groups in total. The van der Waals surface area contributed by atoms with Gasteiger partial charge in [0.1, 0.15) is 5.75 Å². The quantitative estimate of drug-likeness (QED) is 0.889. The van der Waals surface area contributed by atoms with Crippen LogP contribution in [0.1, 0.15) is 18.5 Å². The van der Waals surface area contributed by atoms with E-state index in [4.69, 9.17) is 11.6 Å². The highest BCUT2D eigenvalue weighted by molar-refractivity contribution is 9.10. The molecule has 0 aliphatic carbocycles. The van der Waals surface area contributed by atoms with Crippen molar-refractivity contribution in [3.8, 4) is 5.75 Å². The second kappa shape index (κ2) is 5.54. The molecule has 1 rings (SSSR count). The predicted molar refractivity (Wildman–Crippen MR) is 67.2 cm³/mol. The molecule has 0 aromatic heterocycles. The summed E-state index contributed by atoms with van der Waals surface area (Å²) in [6.07, 6.45) is 0. The number of rotatable bonds is 4. The normalized spacial score (nSPS) is 12.5. The fraction of sp³-hybridized carbons (Fsp3) is 0.273. The Labute approximate surface area is 103 Å². The minimum atomic E-state index is 0.0259. The molecule has 0 aliphatic heterocycles. The van der Waals surface area contributed by atoms with Crippen LogP contribution >= 0.6 is 27.5 Å². The molecule has 0 aliphatic rings. The fourth-order valence-electron chi connectivity index (χ4n) is 1.25. The summed E-state index contributed by atoms with van der Waals surface area (Å²) in [4.78, 5) is 0. The van der Waals surface area contributed by atoms with Gasteiger partial charge in [-0.15, -0.1) is 0 Å². The van der Waals surface area contributed by atoms with Gasteiger partial charge < -0.3 is 10.4 Å². The van der Waals surface area contributed by atoms with Crippen molar-refractivity contribution in [3.05, 3.63) is 39.8 Å². The lowest BCUT2D eigenvalue weighted by Gasteiger charge is -2.15. The van der Waals surface area contributed by atoms with Gasteiger partial charge in [0.05, 0.1) is 0 Å². The third-order valence-corrected chi connectivity index (χ3v) is 2.68. The minimum Gasteiger partial charge on any atom is -0.508 e. The highest BCUT2D eigenvalue weighted by atomic mass is 79.9. The highest BCUT2D eigenvalue weighted by Crippen LogP contribution is 2.27. The minimum absolute atomic E-state index is 0.0259. The molecule has 0 radical (unpaired) electrons. The summed E-state index contributed by atoms with van der Waals surface area (Å²) in [5.41, 5.74) is 0.835. The molecule has 1 unspecified atom stereocenters. The molecule has 15 heavy (non-hydrogen) atoms. The number of phenolic OH excluding ortho intramolecular Hbond substituents is 1. The molecule has 0 heterocycles. The van der Waals surface area contributed by atoms with Gasteiger partial charge >= 0.3 is 0 Å². The van der Waals surface area contributed by atoms with Crippen molar-refractivity contribution in [1.82, 2.24) is 5.32 Å². The topological polar surface area (TPSA) is 32.3 Å². The Bertz CT molecular complexity index is 368. The Morgan fingerprint density at radius 3 is 2.93 bits per heavy atom. The van der Waals surface area contributed by atoms with E-state index in [1.165, 1.54) is 0 Å². The lowest BCUT2D eigenvalue weighted by molar-refractivity contribution is 0.455. The smallest absolute Gasteiger partial charge is 0.120 e. The highest BCUT2D eigenvalue weighted by Gasteiger charge is 2.10. The van der Waals surface area contributed by atoms with E-state index in [9.17, 15) is 5.11 Å². The molecular weight excluding hydrogens is 277 g/mol. The first kappa shape index (κ1) is 12.6. The standard InChI is InChI=1S/C11H13BrClNO/c1-7(13)6-14-8(2)10-5-9(12)3-4-11(10)15/h3-5,8,14-15H,1,6H2,2H3. The van der Waals surface area contributed by atoms with Gasteiger partial charge in [-0.05, 0) is 25.1 Å².